The zero-order chi connectivity index (χ0) is 17.6. The first-order chi connectivity index (χ1) is 12.0. The van der Waals surface area contributed by atoms with E-state index in [4.69, 9.17) is 0 Å². The molecule has 2 heterocycles. The molecule has 4 aromatic rings. The van der Waals surface area contributed by atoms with Crippen LogP contribution in [-0.4, -0.2) is 20.9 Å². The van der Waals surface area contributed by atoms with E-state index in [9.17, 15) is 9.18 Å². The van der Waals surface area contributed by atoms with Crippen molar-refractivity contribution in [2.45, 2.75) is 6.92 Å². The summed E-state index contributed by atoms with van der Waals surface area (Å²) in [7, 11) is 0. The summed E-state index contributed by atoms with van der Waals surface area (Å²) < 4.78 is 15.1. The van der Waals surface area contributed by atoms with Crippen LogP contribution in [0, 0.1) is 12.7 Å². The molecule has 0 aliphatic rings. The van der Waals surface area contributed by atoms with Gasteiger partial charge in [-0.05, 0) is 42.8 Å². The zero-order valence-corrected chi connectivity index (χ0v) is 14.7. The van der Waals surface area contributed by atoms with Gasteiger partial charge in [-0.1, -0.05) is 28.1 Å². The van der Waals surface area contributed by atoms with Crippen LogP contribution >= 0.6 is 15.9 Å². The average Bonchev–Trinajstić information content (AvgIpc) is 2.94. The number of aromatic nitrogens is 3. The summed E-state index contributed by atoms with van der Waals surface area (Å²) in [5, 5.41) is 5.08. The molecule has 7 heteroatoms. The molecule has 0 atom stereocenters. The van der Waals surface area contributed by atoms with Crippen molar-refractivity contribution in [3.8, 4) is 0 Å². The van der Waals surface area contributed by atoms with Crippen molar-refractivity contribution in [3.05, 3.63) is 74.5 Å². The fourth-order valence-electron chi connectivity index (χ4n) is 2.69. The van der Waals surface area contributed by atoms with E-state index >= 15 is 0 Å². The van der Waals surface area contributed by atoms with E-state index in [0.717, 1.165) is 15.4 Å². The molecule has 2 aromatic carbocycles. The number of rotatable bonds is 2. The third-order valence-corrected chi connectivity index (χ3v) is 4.41. The van der Waals surface area contributed by atoms with E-state index in [0.29, 0.717) is 22.4 Å². The van der Waals surface area contributed by atoms with E-state index in [1.165, 1.54) is 23.0 Å². The Morgan fingerprint density at radius 3 is 2.76 bits per heavy atom. The fourth-order valence-corrected chi connectivity index (χ4v) is 3.05. The minimum atomic E-state index is -0.321. The van der Waals surface area contributed by atoms with Gasteiger partial charge in [-0.15, -0.1) is 0 Å². The monoisotopic (exact) mass is 398 g/mol. The van der Waals surface area contributed by atoms with Crippen LogP contribution in [-0.2, 0) is 0 Å². The Kier molecular flexibility index (Phi) is 3.73. The van der Waals surface area contributed by atoms with Gasteiger partial charge in [-0.25, -0.2) is 9.37 Å². The fraction of sp³-hybridized carbons (Fsp3) is 0.0556. The molecule has 1 N–H and O–H groups in total. The number of benzene rings is 2. The van der Waals surface area contributed by atoms with Crippen LogP contribution < -0.4 is 5.56 Å². The molecule has 0 amide bonds. The van der Waals surface area contributed by atoms with Crippen LogP contribution in [0.3, 0.4) is 0 Å². The molecule has 2 aromatic heterocycles. The predicted octanol–water partition coefficient (Wildman–Crippen LogP) is 3.97. The third-order valence-electron chi connectivity index (χ3n) is 3.91. The number of hydrogen-bond acceptors (Lipinski definition) is 3. The molecule has 124 valence electrons. The van der Waals surface area contributed by atoms with E-state index in [1.807, 2.05) is 18.2 Å². The molecule has 0 fully saturated rings. The number of nitrogens with zero attached hydrogens (tertiary/aromatic N) is 3. The van der Waals surface area contributed by atoms with Gasteiger partial charge in [0.05, 0.1) is 6.21 Å². The van der Waals surface area contributed by atoms with Gasteiger partial charge in [-0.2, -0.15) is 9.78 Å². The lowest BCUT2D eigenvalue weighted by Crippen LogP contribution is -2.20. The summed E-state index contributed by atoms with van der Waals surface area (Å²) in [5.74, 6) is 0.148. The van der Waals surface area contributed by atoms with Crippen LogP contribution in [0.4, 0.5) is 4.39 Å². The molecular formula is C18H12BrFN4O. The van der Waals surface area contributed by atoms with E-state index in [1.54, 1.807) is 19.1 Å². The first-order valence-electron chi connectivity index (χ1n) is 7.53. The maximum atomic E-state index is 13.0. The molecule has 5 nitrogen and oxygen atoms in total. The Bertz CT molecular complexity index is 1190. The summed E-state index contributed by atoms with van der Waals surface area (Å²) in [5.41, 5.74) is 2.26. The second kappa shape index (κ2) is 5.93. The SMILES string of the molecule is Cc1nc2c([nH]c3ccc(Br)cc32)c(=O)n1/N=C\c1ccc(F)cc1. The van der Waals surface area contributed by atoms with Crippen LogP contribution in [0.25, 0.3) is 21.9 Å². The highest BCUT2D eigenvalue weighted by atomic mass is 79.9. The molecule has 0 saturated heterocycles. The molecule has 0 unspecified atom stereocenters. The van der Waals surface area contributed by atoms with Gasteiger partial charge in [0.25, 0.3) is 5.56 Å². The molecule has 0 bridgehead atoms. The smallest absolute Gasteiger partial charge is 0.298 e. The van der Waals surface area contributed by atoms with E-state index in [-0.39, 0.29) is 11.4 Å². The number of halogens is 2. The quantitative estimate of drug-likeness (QED) is 0.519. The lowest BCUT2D eigenvalue weighted by atomic mass is 10.2. The van der Waals surface area contributed by atoms with Crippen LogP contribution in [0.5, 0.6) is 0 Å². The summed E-state index contributed by atoms with van der Waals surface area (Å²) in [6, 6.07) is 11.6. The Labute approximate surface area is 150 Å². The zero-order valence-electron chi connectivity index (χ0n) is 13.1. The second-order valence-electron chi connectivity index (χ2n) is 5.61. The summed E-state index contributed by atoms with van der Waals surface area (Å²) in [6.07, 6.45) is 1.50. The molecule has 0 aliphatic heterocycles. The predicted molar refractivity (Wildman–Crippen MR) is 99.7 cm³/mol. The van der Waals surface area contributed by atoms with Crippen molar-refractivity contribution in [1.82, 2.24) is 14.6 Å². The van der Waals surface area contributed by atoms with Crippen molar-refractivity contribution >= 4 is 44.1 Å². The van der Waals surface area contributed by atoms with Gasteiger partial charge in [0.1, 0.15) is 22.7 Å². The molecule has 4 rings (SSSR count). The Hall–Kier alpha value is -2.80. The lowest BCUT2D eigenvalue weighted by Gasteiger charge is -2.03. The largest absolute Gasteiger partial charge is 0.349 e. The van der Waals surface area contributed by atoms with Gasteiger partial charge < -0.3 is 4.98 Å². The maximum absolute atomic E-state index is 13.0. The van der Waals surface area contributed by atoms with Crippen LogP contribution in [0.1, 0.15) is 11.4 Å². The number of hydrogen-bond donors (Lipinski definition) is 1. The van der Waals surface area contributed by atoms with Gasteiger partial charge in [-0.3, -0.25) is 4.79 Å². The van der Waals surface area contributed by atoms with Crippen molar-refractivity contribution < 1.29 is 4.39 Å². The molecule has 0 radical (unpaired) electrons. The molecule has 0 aliphatic carbocycles. The Balaban J connectivity index is 1.88. The van der Waals surface area contributed by atoms with Crippen molar-refractivity contribution in [2.24, 2.45) is 5.10 Å². The van der Waals surface area contributed by atoms with Gasteiger partial charge >= 0.3 is 0 Å². The van der Waals surface area contributed by atoms with Gasteiger partial charge in [0.2, 0.25) is 0 Å². The minimum Gasteiger partial charge on any atom is -0.349 e. The van der Waals surface area contributed by atoms with Crippen molar-refractivity contribution in [1.29, 1.82) is 0 Å². The Morgan fingerprint density at radius 1 is 1.24 bits per heavy atom. The summed E-state index contributed by atoms with van der Waals surface area (Å²) in [4.78, 5) is 20.4. The number of nitrogens with one attached hydrogen (secondary N) is 1. The Morgan fingerprint density at radius 2 is 2.00 bits per heavy atom. The maximum Gasteiger partial charge on any atom is 0.298 e. The van der Waals surface area contributed by atoms with Crippen molar-refractivity contribution in [2.75, 3.05) is 0 Å². The highest BCUT2D eigenvalue weighted by Crippen LogP contribution is 2.25. The normalized spacial score (nSPS) is 11.8. The number of aryl methyl sites for hydroxylation is 1. The summed E-state index contributed by atoms with van der Waals surface area (Å²) >= 11 is 3.43. The minimum absolute atomic E-state index is 0.284. The average molecular weight is 399 g/mol. The second-order valence-corrected chi connectivity index (χ2v) is 6.53. The van der Waals surface area contributed by atoms with Gasteiger partial charge in [0.15, 0.2) is 0 Å². The highest BCUT2D eigenvalue weighted by Gasteiger charge is 2.13. The van der Waals surface area contributed by atoms with Crippen LogP contribution in [0.15, 0.2) is 56.8 Å². The first kappa shape index (κ1) is 15.7. The van der Waals surface area contributed by atoms with Crippen LogP contribution in [0.2, 0.25) is 0 Å². The highest BCUT2D eigenvalue weighted by molar-refractivity contribution is 9.10. The third kappa shape index (κ3) is 2.76. The van der Waals surface area contributed by atoms with E-state index in [2.05, 4.69) is 31.0 Å². The number of fused-ring (bicyclic) bond motifs is 3. The molecule has 25 heavy (non-hydrogen) atoms. The standard InChI is InChI=1S/C18H12BrFN4O/c1-10-22-16-14-8-12(19)4-7-15(14)23-17(16)18(25)24(10)21-9-11-2-5-13(20)6-3-11/h2-9,23H,1H3/b21-9-. The topological polar surface area (TPSA) is 63.0 Å². The molecule has 0 spiro atoms. The number of H-pyrrole nitrogens is 1. The lowest BCUT2D eigenvalue weighted by molar-refractivity contribution is 0.628. The number of aromatic amines is 1. The molecular weight excluding hydrogens is 387 g/mol. The molecule has 0 saturated carbocycles. The van der Waals surface area contributed by atoms with Gasteiger partial charge in [0, 0.05) is 15.4 Å². The van der Waals surface area contributed by atoms with Crippen molar-refractivity contribution in [3.63, 3.8) is 0 Å². The first-order valence-corrected chi connectivity index (χ1v) is 8.33. The van der Waals surface area contributed by atoms with E-state index < -0.39 is 0 Å². The summed E-state index contributed by atoms with van der Waals surface area (Å²) in [6.45, 7) is 1.72.